The third-order valence-electron chi connectivity index (χ3n) is 4.80. The summed E-state index contributed by atoms with van der Waals surface area (Å²) in [5, 5.41) is 7.33. The minimum atomic E-state index is -3.36. The fourth-order valence-electron chi connectivity index (χ4n) is 3.49. The second kappa shape index (κ2) is 9.04. The first-order chi connectivity index (χ1) is 13.1. The van der Waals surface area contributed by atoms with Crippen LogP contribution in [0.3, 0.4) is 0 Å². The third kappa shape index (κ3) is 4.91. The van der Waals surface area contributed by atoms with Crippen molar-refractivity contribution in [1.29, 1.82) is 0 Å². The van der Waals surface area contributed by atoms with E-state index in [1.54, 1.807) is 13.8 Å². The molecule has 158 valence electrons. The van der Waals surface area contributed by atoms with Crippen LogP contribution < -0.4 is 0 Å². The van der Waals surface area contributed by atoms with Crippen LogP contribution in [0.2, 0.25) is 0 Å². The monoisotopic (exact) mass is 403 g/mol. The molecule has 1 aliphatic rings. The number of ketones is 1. The second-order valence-corrected chi connectivity index (χ2v) is 7.22. The Morgan fingerprint density at radius 2 is 1.93 bits per heavy atom. The predicted molar refractivity (Wildman–Crippen MR) is 93.6 cm³/mol. The Morgan fingerprint density at radius 3 is 2.50 bits per heavy atom. The number of alkyl halides is 2. The molecule has 0 fully saturated rings. The van der Waals surface area contributed by atoms with Gasteiger partial charge in [0.25, 0.3) is 5.92 Å². The summed E-state index contributed by atoms with van der Waals surface area (Å²) in [4.78, 5) is 24.3. The lowest BCUT2D eigenvalue weighted by atomic mass is 9.82. The number of hydrogen-bond acceptors (Lipinski definition) is 7. The Balaban J connectivity index is 2.26. The fraction of sp³-hybridized carbons (Fsp3) is 0.778. The number of carbonyl (C=O) groups excluding carboxylic acids is 2. The van der Waals surface area contributed by atoms with Gasteiger partial charge in [-0.05, 0) is 20.3 Å². The Labute approximate surface area is 162 Å². The van der Waals surface area contributed by atoms with Crippen molar-refractivity contribution in [3.63, 3.8) is 0 Å². The molecule has 0 saturated carbocycles. The van der Waals surface area contributed by atoms with Crippen LogP contribution in [0, 0.1) is 5.92 Å². The van der Waals surface area contributed by atoms with Crippen LogP contribution in [0.25, 0.3) is 0 Å². The molecule has 8 nitrogen and oxygen atoms in total. The second-order valence-electron chi connectivity index (χ2n) is 7.22. The number of aromatic nitrogens is 3. The Hall–Kier alpha value is -1.94. The van der Waals surface area contributed by atoms with Gasteiger partial charge in [-0.3, -0.25) is 9.59 Å². The van der Waals surface area contributed by atoms with Gasteiger partial charge in [0.05, 0.1) is 24.3 Å². The molecule has 0 saturated heterocycles. The maximum atomic E-state index is 14.9. The van der Waals surface area contributed by atoms with Crippen LogP contribution in [0.5, 0.6) is 0 Å². The van der Waals surface area contributed by atoms with Gasteiger partial charge in [-0.25, -0.2) is 4.68 Å². The molecule has 0 spiro atoms. The van der Waals surface area contributed by atoms with Crippen LogP contribution in [0.15, 0.2) is 0 Å². The molecule has 0 N–H and O–H groups in total. The Kier molecular flexibility index (Phi) is 7.22. The fourth-order valence-corrected chi connectivity index (χ4v) is 3.49. The van der Waals surface area contributed by atoms with Crippen molar-refractivity contribution >= 4 is 11.8 Å². The summed E-state index contributed by atoms with van der Waals surface area (Å²) in [6.45, 7) is 3.39. The zero-order chi connectivity index (χ0) is 21.1. The van der Waals surface area contributed by atoms with Gasteiger partial charge in [-0.2, -0.15) is 8.78 Å². The van der Waals surface area contributed by atoms with E-state index in [-0.39, 0.29) is 31.1 Å². The molecular weight excluding hydrogens is 376 g/mol. The van der Waals surface area contributed by atoms with E-state index in [1.807, 2.05) is 0 Å². The molecular formula is C18H27F2N3O5. The van der Waals surface area contributed by atoms with Crippen LogP contribution in [-0.4, -0.2) is 53.2 Å². The van der Waals surface area contributed by atoms with Gasteiger partial charge in [0.1, 0.15) is 11.9 Å². The molecule has 1 unspecified atom stereocenters. The lowest BCUT2D eigenvalue weighted by Crippen LogP contribution is -2.37. The minimum Gasteiger partial charge on any atom is -0.463 e. The Bertz CT molecular complexity index is 707. The summed E-state index contributed by atoms with van der Waals surface area (Å²) < 4.78 is 46.9. The van der Waals surface area contributed by atoms with Crippen LogP contribution in [0.1, 0.15) is 57.0 Å². The van der Waals surface area contributed by atoms with Crippen LogP contribution >= 0.6 is 0 Å². The molecule has 28 heavy (non-hydrogen) atoms. The van der Waals surface area contributed by atoms with Crippen LogP contribution in [0.4, 0.5) is 8.78 Å². The van der Waals surface area contributed by atoms with Gasteiger partial charge >= 0.3 is 5.97 Å². The predicted octanol–water partition coefficient (Wildman–Crippen LogP) is 2.32. The lowest BCUT2D eigenvalue weighted by molar-refractivity contribution is -0.149. The van der Waals surface area contributed by atoms with E-state index in [0.29, 0.717) is 0 Å². The van der Waals surface area contributed by atoms with Crippen molar-refractivity contribution in [1.82, 2.24) is 15.0 Å². The normalized spacial score (nSPS) is 24.4. The lowest BCUT2D eigenvalue weighted by Gasteiger charge is -2.33. The smallest absolute Gasteiger partial charge is 0.306 e. The highest BCUT2D eigenvalue weighted by Crippen LogP contribution is 2.44. The quantitative estimate of drug-likeness (QED) is 0.645. The highest BCUT2D eigenvalue weighted by atomic mass is 19.3. The topological polar surface area (TPSA) is 92.5 Å². The molecule has 1 aromatic rings. The number of halogens is 2. The summed E-state index contributed by atoms with van der Waals surface area (Å²) in [6, 6.07) is 0. The highest BCUT2D eigenvalue weighted by molar-refractivity contribution is 5.85. The maximum absolute atomic E-state index is 14.9. The maximum Gasteiger partial charge on any atom is 0.306 e. The zero-order valence-corrected chi connectivity index (χ0v) is 16.8. The first-order valence-electron chi connectivity index (χ1n) is 9.16. The average molecular weight is 403 g/mol. The molecule has 1 aromatic heterocycles. The summed E-state index contributed by atoms with van der Waals surface area (Å²) in [5.41, 5.74) is -0.383. The standard InChI is InChI=1S/C18H27F2N3O5/c1-10(2)28-14(25)7-6-12(24)11-8-13(26-4)16(27-5)15-17(18(19,20)9-11)21-22-23(15)3/h10-11,13,16H,6-9H2,1-5H3/t11?,13-,16+/m0/s1. The zero-order valence-electron chi connectivity index (χ0n) is 16.8. The van der Waals surface area contributed by atoms with Gasteiger partial charge in [0.15, 0.2) is 5.69 Å². The average Bonchev–Trinajstić information content (AvgIpc) is 2.99. The Morgan fingerprint density at radius 1 is 1.25 bits per heavy atom. The number of Topliss-reactive ketones (excluding diaryl/α,β-unsaturated/α-hetero) is 1. The van der Waals surface area contributed by atoms with Crippen LogP contribution in [-0.2, 0) is 36.8 Å². The number of hydrogen-bond donors (Lipinski definition) is 0. The van der Waals surface area contributed by atoms with E-state index >= 15 is 0 Å². The number of methoxy groups -OCH3 is 2. The summed E-state index contributed by atoms with van der Waals surface area (Å²) in [5.74, 6) is -5.35. The van der Waals surface area contributed by atoms with Crippen molar-refractivity contribution in [2.24, 2.45) is 13.0 Å². The van der Waals surface area contributed by atoms with E-state index in [4.69, 9.17) is 14.2 Å². The molecule has 0 bridgehead atoms. The first kappa shape index (κ1) is 22.4. The van der Waals surface area contributed by atoms with Crippen molar-refractivity contribution < 1.29 is 32.6 Å². The van der Waals surface area contributed by atoms with E-state index in [9.17, 15) is 18.4 Å². The van der Waals surface area contributed by atoms with E-state index in [2.05, 4.69) is 10.3 Å². The summed E-state index contributed by atoms with van der Waals surface area (Å²) in [6.07, 6.45) is -2.82. The summed E-state index contributed by atoms with van der Waals surface area (Å²) in [7, 11) is 4.32. The highest BCUT2D eigenvalue weighted by Gasteiger charge is 2.48. The van der Waals surface area contributed by atoms with Crippen molar-refractivity contribution in [2.45, 2.75) is 63.8 Å². The van der Waals surface area contributed by atoms with Crippen molar-refractivity contribution in [3.8, 4) is 0 Å². The van der Waals surface area contributed by atoms with E-state index in [1.165, 1.54) is 25.9 Å². The number of esters is 1. The first-order valence-corrected chi connectivity index (χ1v) is 9.16. The largest absolute Gasteiger partial charge is 0.463 e. The molecule has 0 aliphatic heterocycles. The number of ether oxygens (including phenoxy) is 3. The van der Waals surface area contributed by atoms with Crippen molar-refractivity contribution in [2.75, 3.05) is 14.2 Å². The molecule has 1 aliphatic carbocycles. The number of aryl methyl sites for hydroxylation is 1. The minimum absolute atomic E-state index is 0.0350. The van der Waals surface area contributed by atoms with E-state index in [0.717, 1.165) is 0 Å². The van der Waals surface area contributed by atoms with Gasteiger partial charge in [0, 0.05) is 40.0 Å². The van der Waals surface area contributed by atoms with Gasteiger partial charge in [-0.1, -0.05) is 5.21 Å². The number of nitrogens with zero attached hydrogens (tertiary/aromatic N) is 3. The van der Waals surface area contributed by atoms with Gasteiger partial charge < -0.3 is 14.2 Å². The number of fused-ring (bicyclic) bond motifs is 1. The van der Waals surface area contributed by atoms with E-state index < -0.39 is 47.9 Å². The third-order valence-corrected chi connectivity index (χ3v) is 4.80. The van der Waals surface area contributed by atoms with Gasteiger partial charge in [0.2, 0.25) is 0 Å². The number of rotatable bonds is 7. The van der Waals surface area contributed by atoms with Gasteiger partial charge in [-0.15, -0.1) is 5.10 Å². The summed E-state index contributed by atoms with van der Waals surface area (Å²) >= 11 is 0. The molecule has 0 aromatic carbocycles. The molecule has 0 radical (unpaired) electrons. The molecule has 0 amide bonds. The molecule has 1 heterocycles. The van der Waals surface area contributed by atoms with Crippen molar-refractivity contribution in [3.05, 3.63) is 11.4 Å². The SMILES string of the molecule is CO[C@H]1CC(C(=O)CCC(=O)OC(C)C)CC(F)(F)c2nnn(C)c2[C@@H]1OC. The molecule has 10 heteroatoms. The molecule has 3 atom stereocenters. The molecule has 2 rings (SSSR count). The number of carbonyl (C=O) groups is 2.